The number of hydrogen-bond donors (Lipinski definition) is 1. The lowest BCUT2D eigenvalue weighted by atomic mass is 10.1. The molecule has 0 radical (unpaired) electrons. The summed E-state index contributed by atoms with van der Waals surface area (Å²) in [6.07, 6.45) is 0.994. The molecule has 4 heteroatoms. The van der Waals surface area contributed by atoms with Crippen molar-refractivity contribution in [3.63, 3.8) is 0 Å². The fourth-order valence-corrected chi connectivity index (χ4v) is 1.49. The van der Waals surface area contributed by atoms with Crippen LogP contribution in [0.1, 0.15) is 24.9 Å². The molecular weight excluding hydrogens is 218 g/mol. The molecule has 0 aliphatic rings. The molecule has 0 heterocycles. The monoisotopic (exact) mass is 239 g/mol. The summed E-state index contributed by atoms with van der Waals surface area (Å²) in [5.74, 6) is 1.48. The Bertz CT molecular complexity index is 319. The SMILES string of the molecule is CCCOCC(N)c1cc(OC)cc(OC)c1. The third kappa shape index (κ3) is 4.24. The first-order valence-corrected chi connectivity index (χ1v) is 5.77. The summed E-state index contributed by atoms with van der Waals surface area (Å²) < 4.78 is 15.8. The van der Waals surface area contributed by atoms with E-state index in [4.69, 9.17) is 19.9 Å². The van der Waals surface area contributed by atoms with E-state index in [2.05, 4.69) is 6.92 Å². The summed E-state index contributed by atoms with van der Waals surface area (Å²) in [5, 5.41) is 0. The average molecular weight is 239 g/mol. The molecule has 1 unspecified atom stereocenters. The quantitative estimate of drug-likeness (QED) is 0.741. The highest BCUT2D eigenvalue weighted by Crippen LogP contribution is 2.25. The van der Waals surface area contributed by atoms with E-state index in [0.717, 1.165) is 30.1 Å². The van der Waals surface area contributed by atoms with Crippen molar-refractivity contribution < 1.29 is 14.2 Å². The molecule has 0 saturated heterocycles. The minimum atomic E-state index is -0.162. The molecule has 17 heavy (non-hydrogen) atoms. The molecule has 2 N–H and O–H groups in total. The summed E-state index contributed by atoms with van der Waals surface area (Å²) in [6.45, 7) is 3.30. The normalized spacial score (nSPS) is 12.2. The Morgan fingerprint density at radius 2 is 1.71 bits per heavy atom. The van der Waals surface area contributed by atoms with Crippen LogP contribution in [0.3, 0.4) is 0 Å². The van der Waals surface area contributed by atoms with Gasteiger partial charge in [0.2, 0.25) is 0 Å². The van der Waals surface area contributed by atoms with Gasteiger partial charge in [-0.25, -0.2) is 0 Å². The molecule has 1 aromatic rings. The van der Waals surface area contributed by atoms with Gasteiger partial charge in [-0.05, 0) is 24.1 Å². The summed E-state index contributed by atoms with van der Waals surface area (Å²) in [6, 6.07) is 5.47. The zero-order valence-corrected chi connectivity index (χ0v) is 10.7. The van der Waals surface area contributed by atoms with Gasteiger partial charge in [-0.15, -0.1) is 0 Å². The summed E-state index contributed by atoms with van der Waals surface area (Å²) in [5.41, 5.74) is 7.00. The molecule has 1 rings (SSSR count). The van der Waals surface area contributed by atoms with Crippen molar-refractivity contribution in [1.82, 2.24) is 0 Å². The summed E-state index contributed by atoms with van der Waals surface area (Å²) >= 11 is 0. The van der Waals surface area contributed by atoms with Crippen LogP contribution >= 0.6 is 0 Å². The Labute approximate surface area is 103 Å². The van der Waals surface area contributed by atoms with E-state index in [1.54, 1.807) is 14.2 Å². The first-order valence-electron chi connectivity index (χ1n) is 5.77. The molecule has 1 atom stereocenters. The highest BCUT2D eigenvalue weighted by atomic mass is 16.5. The van der Waals surface area contributed by atoms with Crippen molar-refractivity contribution >= 4 is 0 Å². The molecule has 0 aromatic heterocycles. The number of benzene rings is 1. The third-order valence-corrected chi connectivity index (χ3v) is 2.45. The van der Waals surface area contributed by atoms with Crippen LogP contribution in [0.15, 0.2) is 18.2 Å². The zero-order valence-electron chi connectivity index (χ0n) is 10.7. The average Bonchev–Trinajstić information content (AvgIpc) is 2.38. The number of hydrogen-bond acceptors (Lipinski definition) is 4. The van der Waals surface area contributed by atoms with Crippen LogP contribution in [-0.4, -0.2) is 27.4 Å². The lowest BCUT2D eigenvalue weighted by Crippen LogP contribution is -2.17. The Morgan fingerprint density at radius 3 is 2.18 bits per heavy atom. The molecule has 0 saturated carbocycles. The van der Waals surface area contributed by atoms with Crippen LogP contribution in [-0.2, 0) is 4.74 Å². The minimum Gasteiger partial charge on any atom is -0.497 e. The van der Waals surface area contributed by atoms with Gasteiger partial charge in [-0.3, -0.25) is 0 Å². The number of rotatable bonds is 7. The summed E-state index contributed by atoms with van der Waals surface area (Å²) in [7, 11) is 3.25. The molecule has 4 nitrogen and oxygen atoms in total. The van der Waals surface area contributed by atoms with Gasteiger partial charge in [0.05, 0.1) is 26.9 Å². The molecule has 96 valence electrons. The summed E-state index contributed by atoms with van der Waals surface area (Å²) in [4.78, 5) is 0. The number of methoxy groups -OCH3 is 2. The van der Waals surface area contributed by atoms with Gasteiger partial charge >= 0.3 is 0 Å². The largest absolute Gasteiger partial charge is 0.497 e. The predicted octanol–water partition coefficient (Wildman–Crippen LogP) is 2.13. The Balaban J connectivity index is 2.73. The van der Waals surface area contributed by atoms with E-state index in [0.29, 0.717) is 6.61 Å². The molecule has 0 bridgehead atoms. The second-order valence-electron chi connectivity index (χ2n) is 3.83. The van der Waals surface area contributed by atoms with Gasteiger partial charge in [0.1, 0.15) is 11.5 Å². The van der Waals surface area contributed by atoms with Crippen LogP contribution in [0.25, 0.3) is 0 Å². The van der Waals surface area contributed by atoms with Gasteiger partial charge in [-0.2, -0.15) is 0 Å². The van der Waals surface area contributed by atoms with Crippen molar-refractivity contribution in [3.05, 3.63) is 23.8 Å². The van der Waals surface area contributed by atoms with Gasteiger partial charge in [-0.1, -0.05) is 6.92 Å². The molecule has 0 amide bonds. The Hall–Kier alpha value is -1.26. The lowest BCUT2D eigenvalue weighted by molar-refractivity contribution is 0.121. The molecular formula is C13H21NO3. The number of nitrogens with two attached hydrogens (primary N) is 1. The maximum absolute atomic E-state index is 6.05. The van der Waals surface area contributed by atoms with Crippen LogP contribution < -0.4 is 15.2 Å². The smallest absolute Gasteiger partial charge is 0.122 e. The van der Waals surface area contributed by atoms with E-state index in [1.165, 1.54) is 0 Å². The second-order valence-corrected chi connectivity index (χ2v) is 3.83. The Kier molecular flexibility index (Phi) is 5.80. The maximum Gasteiger partial charge on any atom is 0.122 e. The Morgan fingerprint density at radius 1 is 1.12 bits per heavy atom. The molecule has 0 spiro atoms. The van der Waals surface area contributed by atoms with Crippen molar-refractivity contribution in [2.75, 3.05) is 27.4 Å². The van der Waals surface area contributed by atoms with E-state index >= 15 is 0 Å². The van der Waals surface area contributed by atoms with Crippen molar-refractivity contribution in [2.24, 2.45) is 5.73 Å². The molecule has 1 aromatic carbocycles. The fourth-order valence-electron chi connectivity index (χ4n) is 1.49. The molecule has 0 fully saturated rings. The minimum absolute atomic E-state index is 0.162. The van der Waals surface area contributed by atoms with E-state index < -0.39 is 0 Å². The zero-order chi connectivity index (χ0) is 12.7. The molecule has 0 aliphatic heterocycles. The predicted molar refractivity (Wildman–Crippen MR) is 67.6 cm³/mol. The first-order chi connectivity index (χ1) is 8.21. The van der Waals surface area contributed by atoms with Crippen LogP contribution in [0, 0.1) is 0 Å². The van der Waals surface area contributed by atoms with Crippen molar-refractivity contribution in [3.8, 4) is 11.5 Å². The highest BCUT2D eigenvalue weighted by Gasteiger charge is 2.09. The van der Waals surface area contributed by atoms with E-state index in [-0.39, 0.29) is 6.04 Å². The van der Waals surface area contributed by atoms with Gasteiger partial charge < -0.3 is 19.9 Å². The van der Waals surface area contributed by atoms with Gasteiger partial charge in [0, 0.05) is 12.7 Å². The van der Waals surface area contributed by atoms with Crippen LogP contribution in [0.4, 0.5) is 0 Å². The first kappa shape index (κ1) is 13.8. The third-order valence-electron chi connectivity index (χ3n) is 2.45. The topological polar surface area (TPSA) is 53.7 Å². The highest BCUT2D eigenvalue weighted by molar-refractivity contribution is 5.39. The van der Waals surface area contributed by atoms with Crippen LogP contribution in [0.5, 0.6) is 11.5 Å². The van der Waals surface area contributed by atoms with E-state index in [9.17, 15) is 0 Å². The number of ether oxygens (including phenoxy) is 3. The van der Waals surface area contributed by atoms with E-state index in [1.807, 2.05) is 18.2 Å². The van der Waals surface area contributed by atoms with Crippen molar-refractivity contribution in [1.29, 1.82) is 0 Å². The lowest BCUT2D eigenvalue weighted by Gasteiger charge is -2.14. The van der Waals surface area contributed by atoms with Gasteiger partial charge in [0.15, 0.2) is 0 Å². The van der Waals surface area contributed by atoms with Crippen LogP contribution in [0.2, 0.25) is 0 Å². The molecule has 0 aliphatic carbocycles. The standard InChI is InChI=1S/C13H21NO3/c1-4-5-17-9-13(14)10-6-11(15-2)8-12(7-10)16-3/h6-8,13H,4-5,9,14H2,1-3H3. The fraction of sp³-hybridized carbons (Fsp3) is 0.538. The van der Waals surface area contributed by atoms with Gasteiger partial charge in [0.25, 0.3) is 0 Å². The van der Waals surface area contributed by atoms with Crippen molar-refractivity contribution in [2.45, 2.75) is 19.4 Å². The second kappa shape index (κ2) is 7.14. The maximum atomic E-state index is 6.05.